The molecule has 0 aliphatic rings. The predicted molar refractivity (Wildman–Crippen MR) is 125 cm³/mol. The zero-order chi connectivity index (χ0) is 23.2. The summed E-state index contributed by atoms with van der Waals surface area (Å²) in [4.78, 5) is 28.9. The fourth-order valence-electron chi connectivity index (χ4n) is 3.70. The molecule has 0 radical (unpaired) electrons. The fourth-order valence-corrected chi connectivity index (χ4v) is 3.70. The first-order chi connectivity index (χ1) is 16.0. The molecule has 0 fully saturated rings. The molecule has 2 heterocycles. The Labute approximate surface area is 191 Å². The van der Waals surface area contributed by atoms with Gasteiger partial charge in [-0.1, -0.05) is 60.7 Å². The van der Waals surface area contributed by atoms with Crippen LogP contribution >= 0.6 is 0 Å². The minimum Gasteiger partial charge on any atom is -0.481 e. The number of nitrogens with one attached hydrogen (secondary N) is 1. The number of aryl methyl sites for hydroxylation is 1. The van der Waals surface area contributed by atoms with Crippen molar-refractivity contribution in [2.45, 2.75) is 25.9 Å². The Morgan fingerprint density at radius 2 is 1.76 bits per heavy atom. The minimum absolute atomic E-state index is 0.215. The van der Waals surface area contributed by atoms with E-state index in [-0.39, 0.29) is 12.1 Å². The molecule has 0 bridgehead atoms. The van der Waals surface area contributed by atoms with E-state index in [4.69, 9.17) is 0 Å². The fraction of sp³-hybridized carbons (Fsp3) is 0.154. The van der Waals surface area contributed by atoms with E-state index in [1.807, 2.05) is 78.5 Å². The number of hydrogen-bond donors (Lipinski definition) is 2. The lowest BCUT2D eigenvalue weighted by molar-refractivity contribution is -0.137. The highest BCUT2D eigenvalue weighted by atomic mass is 16.4. The van der Waals surface area contributed by atoms with Gasteiger partial charge in [0.2, 0.25) is 0 Å². The summed E-state index contributed by atoms with van der Waals surface area (Å²) >= 11 is 0. The van der Waals surface area contributed by atoms with Crippen molar-refractivity contribution in [2.24, 2.45) is 0 Å². The minimum atomic E-state index is -0.990. The van der Waals surface area contributed by atoms with Crippen LogP contribution < -0.4 is 5.32 Å². The van der Waals surface area contributed by atoms with E-state index in [1.165, 1.54) is 0 Å². The Kier molecular flexibility index (Phi) is 6.59. The van der Waals surface area contributed by atoms with Crippen molar-refractivity contribution in [3.8, 4) is 11.3 Å². The number of carbonyl (C=O) groups is 2. The van der Waals surface area contributed by atoms with Gasteiger partial charge in [-0.3, -0.25) is 14.3 Å². The van der Waals surface area contributed by atoms with Crippen LogP contribution in [0.2, 0.25) is 0 Å². The van der Waals surface area contributed by atoms with Crippen LogP contribution in [0.1, 0.15) is 39.6 Å². The van der Waals surface area contributed by atoms with Crippen LogP contribution in [-0.4, -0.2) is 31.7 Å². The van der Waals surface area contributed by atoms with Crippen molar-refractivity contribution in [2.75, 3.05) is 0 Å². The Bertz CT molecular complexity index is 1270. The molecule has 0 aliphatic heterocycles. The molecule has 166 valence electrons. The number of hydrogen-bond acceptors (Lipinski definition) is 4. The summed E-state index contributed by atoms with van der Waals surface area (Å²) in [6, 6.07) is 22.0. The van der Waals surface area contributed by atoms with E-state index >= 15 is 0 Å². The van der Waals surface area contributed by atoms with Crippen LogP contribution in [0.25, 0.3) is 11.3 Å². The van der Waals surface area contributed by atoms with E-state index in [9.17, 15) is 14.7 Å². The second-order valence-corrected chi connectivity index (χ2v) is 7.80. The lowest BCUT2D eigenvalue weighted by atomic mass is 9.98. The van der Waals surface area contributed by atoms with Gasteiger partial charge in [-0.15, -0.1) is 0 Å². The van der Waals surface area contributed by atoms with Crippen LogP contribution in [0.15, 0.2) is 85.2 Å². The molecule has 0 aliphatic carbocycles. The Balaban J connectivity index is 1.53. The molecule has 0 unspecified atom stereocenters. The third-order valence-corrected chi connectivity index (χ3v) is 5.35. The molecular formula is C26H24N4O3. The number of aliphatic carboxylic acids is 1. The van der Waals surface area contributed by atoms with Crippen molar-refractivity contribution in [1.82, 2.24) is 20.1 Å². The monoisotopic (exact) mass is 440 g/mol. The predicted octanol–water partition coefficient (Wildman–Crippen LogP) is 4.25. The van der Waals surface area contributed by atoms with Gasteiger partial charge in [0.05, 0.1) is 30.9 Å². The van der Waals surface area contributed by atoms with Gasteiger partial charge in [-0.2, -0.15) is 5.10 Å². The molecule has 2 aromatic heterocycles. The molecule has 1 atom stereocenters. The first kappa shape index (κ1) is 22.0. The molecule has 0 spiro atoms. The average molecular weight is 441 g/mol. The summed E-state index contributed by atoms with van der Waals surface area (Å²) < 4.78 is 1.82. The van der Waals surface area contributed by atoms with Crippen molar-refractivity contribution < 1.29 is 14.7 Å². The van der Waals surface area contributed by atoms with E-state index in [0.717, 1.165) is 22.3 Å². The van der Waals surface area contributed by atoms with Gasteiger partial charge in [0.15, 0.2) is 0 Å². The third kappa shape index (κ3) is 5.51. The molecule has 33 heavy (non-hydrogen) atoms. The zero-order valence-electron chi connectivity index (χ0n) is 18.2. The first-order valence-corrected chi connectivity index (χ1v) is 10.6. The largest absolute Gasteiger partial charge is 0.481 e. The van der Waals surface area contributed by atoms with Gasteiger partial charge in [0, 0.05) is 11.8 Å². The number of carboxylic acid groups (broad SMARTS) is 1. The number of pyridine rings is 1. The molecule has 0 saturated heterocycles. The average Bonchev–Trinajstić information content (AvgIpc) is 3.28. The summed E-state index contributed by atoms with van der Waals surface area (Å²) in [5.74, 6) is -1.42. The van der Waals surface area contributed by atoms with E-state index in [2.05, 4.69) is 15.4 Å². The maximum atomic E-state index is 13.0. The van der Waals surface area contributed by atoms with Gasteiger partial charge < -0.3 is 10.4 Å². The number of benzene rings is 2. The topological polar surface area (TPSA) is 97.1 Å². The summed E-state index contributed by atoms with van der Waals surface area (Å²) in [5, 5.41) is 16.6. The third-order valence-electron chi connectivity index (χ3n) is 5.35. The lowest BCUT2D eigenvalue weighted by Gasteiger charge is -2.19. The summed E-state index contributed by atoms with van der Waals surface area (Å²) in [6.45, 7) is 2.52. The molecule has 4 aromatic rings. The van der Waals surface area contributed by atoms with Gasteiger partial charge >= 0.3 is 5.97 Å². The van der Waals surface area contributed by atoms with Crippen LogP contribution in [0.3, 0.4) is 0 Å². The molecule has 4 rings (SSSR count). The van der Waals surface area contributed by atoms with Crippen LogP contribution in [0.4, 0.5) is 0 Å². The van der Waals surface area contributed by atoms with Crippen molar-refractivity contribution in [1.29, 1.82) is 0 Å². The van der Waals surface area contributed by atoms with Gasteiger partial charge in [-0.05, 0) is 35.7 Å². The summed E-state index contributed by atoms with van der Waals surface area (Å²) in [6.07, 6.45) is 3.38. The number of carbonyl (C=O) groups excluding carboxylic acids is 1. The van der Waals surface area contributed by atoms with Crippen LogP contribution in [0, 0.1) is 6.92 Å². The van der Waals surface area contributed by atoms with Crippen molar-refractivity contribution in [3.63, 3.8) is 0 Å². The quantitative estimate of drug-likeness (QED) is 0.427. The second-order valence-electron chi connectivity index (χ2n) is 7.80. The maximum Gasteiger partial charge on any atom is 0.305 e. The highest BCUT2D eigenvalue weighted by Crippen LogP contribution is 2.22. The number of aromatic nitrogens is 3. The molecule has 7 heteroatoms. The smallest absolute Gasteiger partial charge is 0.305 e. The second kappa shape index (κ2) is 9.91. The van der Waals surface area contributed by atoms with Gasteiger partial charge in [0.1, 0.15) is 5.69 Å². The number of rotatable bonds is 8. The molecule has 0 saturated carbocycles. The molecule has 2 aromatic carbocycles. The van der Waals surface area contributed by atoms with E-state index < -0.39 is 17.9 Å². The Morgan fingerprint density at radius 3 is 2.52 bits per heavy atom. The highest BCUT2D eigenvalue weighted by Gasteiger charge is 2.21. The number of amides is 1. The van der Waals surface area contributed by atoms with Gasteiger partial charge in [-0.25, -0.2) is 4.98 Å². The Hall–Kier alpha value is -4.26. The van der Waals surface area contributed by atoms with E-state index in [0.29, 0.717) is 12.2 Å². The first-order valence-electron chi connectivity index (χ1n) is 10.6. The van der Waals surface area contributed by atoms with Crippen molar-refractivity contribution >= 4 is 11.9 Å². The molecule has 1 amide bonds. The molecule has 7 nitrogen and oxygen atoms in total. The molecule has 2 N–H and O–H groups in total. The number of nitrogens with zero attached hydrogens (tertiary/aromatic N) is 3. The van der Waals surface area contributed by atoms with E-state index in [1.54, 1.807) is 18.3 Å². The van der Waals surface area contributed by atoms with Gasteiger partial charge in [0.25, 0.3) is 5.91 Å². The standard InChI is InChI=1S/C26H24N4O3/c1-18-8-5-6-11-21(18)24(14-25(31)32)29-26(33)23-13-7-12-22(28-23)20-15-27-30(17-20)16-19-9-3-2-4-10-19/h2-13,15,17,24H,14,16H2,1H3,(H,29,33)(H,31,32)/t24-/m0/s1. The SMILES string of the molecule is Cc1ccccc1[C@H](CC(=O)O)NC(=O)c1cccc(-c2cnn(Cc3ccccc3)c2)n1. The highest BCUT2D eigenvalue weighted by molar-refractivity contribution is 5.93. The van der Waals surface area contributed by atoms with Crippen molar-refractivity contribution in [3.05, 3.63) is 108 Å². The normalized spacial score (nSPS) is 11.7. The molecular weight excluding hydrogens is 416 g/mol. The zero-order valence-corrected chi connectivity index (χ0v) is 18.2. The maximum absolute atomic E-state index is 13.0. The van der Waals surface area contributed by atoms with Crippen LogP contribution in [-0.2, 0) is 11.3 Å². The summed E-state index contributed by atoms with van der Waals surface area (Å²) in [5.41, 5.74) is 4.44. The lowest BCUT2D eigenvalue weighted by Crippen LogP contribution is -2.31. The van der Waals surface area contributed by atoms with Crippen LogP contribution in [0.5, 0.6) is 0 Å². The number of carboxylic acids is 1. The summed E-state index contributed by atoms with van der Waals surface area (Å²) in [7, 11) is 0. The Morgan fingerprint density at radius 1 is 1.00 bits per heavy atom.